The molecule has 4 aliphatic rings. The molecule has 7 nitrogen and oxygen atoms in total. The Morgan fingerprint density at radius 2 is 0.903 bits per heavy atom. The van der Waals surface area contributed by atoms with E-state index in [4.69, 9.17) is 14.4 Å². The van der Waals surface area contributed by atoms with Crippen molar-refractivity contribution in [2.45, 2.75) is 128 Å². The van der Waals surface area contributed by atoms with Crippen LogP contribution in [0, 0.1) is 22.3 Å². The van der Waals surface area contributed by atoms with E-state index in [1.54, 1.807) is 0 Å². The Bertz CT molecular complexity index is 602. The molecular formula is C24H44N2O5. The van der Waals surface area contributed by atoms with Gasteiger partial charge in [-0.3, -0.25) is 0 Å². The number of hydrogen-bond acceptors (Lipinski definition) is 5. The molecule has 2 unspecified atom stereocenters. The Morgan fingerprint density at radius 1 is 0.645 bits per heavy atom. The molecule has 0 spiro atoms. The van der Waals surface area contributed by atoms with E-state index < -0.39 is 31.8 Å². The van der Waals surface area contributed by atoms with E-state index in [9.17, 15) is 10.4 Å². The van der Waals surface area contributed by atoms with Crippen LogP contribution in [0.25, 0.3) is 0 Å². The Labute approximate surface area is 188 Å². The third-order valence-electron chi connectivity index (χ3n) is 8.57. The van der Waals surface area contributed by atoms with Crippen LogP contribution in [0.4, 0.5) is 0 Å². The lowest BCUT2D eigenvalue weighted by Gasteiger charge is -2.69. The summed E-state index contributed by atoms with van der Waals surface area (Å²) in [7, 11) is 0. The summed E-state index contributed by atoms with van der Waals surface area (Å²) < 4.78 is 10.9. The van der Waals surface area contributed by atoms with Crippen molar-refractivity contribution in [1.29, 1.82) is 0 Å². The lowest BCUT2D eigenvalue weighted by molar-refractivity contribution is -1.37. The molecule has 2 atom stereocenters. The number of nitrogens with zero attached hydrogens (tertiary/aromatic N) is 2. The van der Waals surface area contributed by atoms with Crippen LogP contribution in [-0.2, 0) is 14.4 Å². The molecule has 4 fully saturated rings. The van der Waals surface area contributed by atoms with Crippen molar-refractivity contribution in [2.24, 2.45) is 11.8 Å². The standard InChI is InChI=1S/C24H44N2O5/c1-21(2)11-17(9-19-15-29-19)12-22(3,4)25(21,27)31-26(28)23(5,6)13-18(10-20-16-30-20)14-24(26,7)8/h17-20H,9-16H2,1-8H3. The summed E-state index contributed by atoms with van der Waals surface area (Å²) in [5.41, 5.74) is -2.88. The maximum absolute atomic E-state index is 14.6. The van der Waals surface area contributed by atoms with Crippen LogP contribution < -0.4 is 0 Å². The van der Waals surface area contributed by atoms with Gasteiger partial charge in [0.15, 0.2) is 0 Å². The van der Waals surface area contributed by atoms with Gasteiger partial charge in [0, 0.05) is 25.7 Å². The van der Waals surface area contributed by atoms with Gasteiger partial charge in [-0.25, -0.2) is 0 Å². The van der Waals surface area contributed by atoms with E-state index >= 15 is 0 Å². The molecule has 0 aromatic carbocycles. The zero-order valence-electron chi connectivity index (χ0n) is 20.9. The van der Waals surface area contributed by atoms with Crippen molar-refractivity contribution >= 4 is 0 Å². The van der Waals surface area contributed by atoms with Crippen LogP contribution in [0.3, 0.4) is 0 Å². The summed E-state index contributed by atoms with van der Waals surface area (Å²) in [5, 5.41) is 29.3. The van der Waals surface area contributed by atoms with Gasteiger partial charge in [-0.15, -0.1) is 9.62 Å². The predicted octanol–water partition coefficient (Wildman–Crippen LogP) is 4.97. The van der Waals surface area contributed by atoms with Gasteiger partial charge >= 0.3 is 0 Å². The quantitative estimate of drug-likeness (QED) is 0.331. The highest BCUT2D eigenvalue weighted by molar-refractivity contribution is 4.93. The molecule has 0 aliphatic carbocycles. The molecular weight excluding hydrogens is 396 g/mol. The SMILES string of the molecule is CC1(C)CC(CC2CO2)CC(C)(C)[N+]1([O-])O[N+]1([O-])C(C)(C)CC(CC2CO2)CC1(C)C. The van der Waals surface area contributed by atoms with Gasteiger partial charge in [0.2, 0.25) is 0 Å². The van der Waals surface area contributed by atoms with Gasteiger partial charge in [0.05, 0.1) is 25.4 Å². The molecule has 0 saturated carbocycles. The van der Waals surface area contributed by atoms with E-state index in [1.807, 2.05) is 55.4 Å². The van der Waals surface area contributed by atoms with Gasteiger partial charge in [-0.2, -0.15) is 0 Å². The van der Waals surface area contributed by atoms with Crippen molar-refractivity contribution < 1.29 is 24.0 Å². The van der Waals surface area contributed by atoms with Crippen molar-refractivity contribution in [3.8, 4) is 0 Å². The van der Waals surface area contributed by atoms with E-state index in [0.29, 0.717) is 24.0 Å². The maximum Gasteiger partial charge on any atom is 0.129 e. The van der Waals surface area contributed by atoms with Gasteiger partial charge in [-0.05, 0) is 85.0 Å². The fourth-order valence-electron chi connectivity index (χ4n) is 7.18. The zero-order chi connectivity index (χ0) is 23.1. The molecule has 0 N–H and O–H groups in total. The van der Waals surface area contributed by atoms with E-state index in [-0.39, 0.29) is 0 Å². The fourth-order valence-corrected chi connectivity index (χ4v) is 7.18. The average Bonchev–Trinajstić information content (AvgIpc) is 3.47. The average molecular weight is 441 g/mol. The van der Waals surface area contributed by atoms with Crippen LogP contribution in [0.1, 0.15) is 93.9 Å². The van der Waals surface area contributed by atoms with Crippen LogP contribution in [0.2, 0.25) is 0 Å². The Hall–Kier alpha value is -0.280. The van der Waals surface area contributed by atoms with E-state index in [1.165, 1.54) is 0 Å². The van der Waals surface area contributed by atoms with Crippen molar-refractivity contribution in [3.63, 3.8) is 0 Å². The van der Waals surface area contributed by atoms with Gasteiger partial charge in [-0.1, -0.05) is 0 Å². The summed E-state index contributed by atoms with van der Waals surface area (Å²) in [6.45, 7) is 17.5. The Kier molecular flexibility index (Phi) is 5.47. The minimum absolute atomic E-state index is 0.342. The third-order valence-corrected chi connectivity index (χ3v) is 8.57. The molecule has 0 bridgehead atoms. The lowest BCUT2D eigenvalue weighted by Crippen LogP contribution is -2.80. The minimum Gasteiger partial charge on any atom is -0.593 e. The summed E-state index contributed by atoms with van der Waals surface area (Å²) in [4.78, 5) is 4.59. The Morgan fingerprint density at radius 3 is 1.13 bits per heavy atom. The van der Waals surface area contributed by atoms with Gasteiger partial charge in [0.25, 0.3) is 0 Å². The normalized spacial score (nSPS) is 47.0. The lowest BCUT2D eigenvalue weighted by atomic mass is 9.72. The predicted molar refractivity (Wildman–Crippen MR) is 119 cm³/mol. The molecule has 0 aromatic rings. The number of piperidine rings is 2. The molecule has 31 heavy (non-hydrogen) atoms. The first-order valence-corrected chi connectivity index (χ1v) is 12.2. The molecule has 4 saturated heterocycles. The number of quaternary nitrogens is 2. The van der Waals surface area contributed by atoms with Crippen LogP contribution in [-0.4, -0.2) is 57.2 Å². The summed E-state index contributed by atoms with van der Waals surface area (Å²) >= 11 is 0. The van der Waals surface area contributed by atoms with Crippen molar-refractivity contribution in [3.05, 3.63) is 10.4 Å². The van der Waals surface area contributed by atoms with E-state index in [0.717, 1.165) is 51.7 Å². The smallest absolute Gasteiger partial charge is 0.129 e. The number of hydroxylamine groups is 8. The first-order chi connectivity index (χ1) is 14.0. The molecule has 0 aromatic heterocycles. The molecule has 4 aliphatic heterocycles. The molecule has 4 heterocycles. The van der Waals surface area contributed by atoms with Crippen LogP contribution in [0.15, 0.2) is 0 Å². The highest BCUT2D eigenvalue weighted by Gasteiger charge is 2.66. The largest absolute Gasteiger partial charge is 0.593 e. The number of ether oxygens (including phenoxy) is 2. The molecule has 7 heteroatoms. The van der Waals surface area contributed by atoms with E-state index in [2.05, 4.69) is 0 Å². The zero-order valence-corrected chi connectivity index (χ0v) is 20.9. The van der Waals surface area contributed by atoms with Gasteiger partial charge in [0.1, 0.15) is 22.2 Å². The highest BCUT2D eigenvalue weighted by Crippen LogP contribution is 2.56. The summed E-state index contributed by atoms with van der Waals surface area (Å²) in [5.74, 6) is 0.818. The monoisotopic (exact) mass is 440 g/mol. The first-order valence-electron chi connectivity index (χ1n) is 12.2. The second-order valence-corrected chi connectivity index (χ2v) is 13.4. The fraction of sp³-hybridized carbons (Fsp3) is 1.00. The van der Waals surface area contributed by atoms with Crippen LogP contribution >= 0.6 is 0 Å². The molecule has 0 radical (unpaired) electrons. The summed E-state index contributed by atoms with van der Waals surface area (Å²) in [6.07, 6.45) is 5.62. The summed E-state index contributed by atoms with van der Waals surface area (Å²) in [6, 6.07) is 0. The molecule has 0 amide bonds. The topological polar surface area (TPSA) is 80.4 Å². The third kappa shape index (κ3) is 3.98. The molecule has 4 rings (SSSR count). The number of hydrogen-bond donors (Lipinski definition) is 0. The van der Waals surface area contributed by atoms with Crippen LogP contribution in [0.5, 0.6) is 0 Å². The maximum atomic E-state index is 14.6. The number of rotatable bonds is 6. The van der Waals surface area contributed by atoms with Gasteiger partial charge < -0.3 is 19.9 Å². The Balaban J connectivity index is 1.61. The van der Waals surface area contributed by atoms with Crippen molar-refractivity contribution in [2.75, 3.05) is 13.2 Å². The minimum atomic E-state index is -0.908. The second-order valence-electron chi connectivity index (χ2n) is 13.4. The number of epoxide rings is 2. The van der Waals surface area contributed by atoms with Crippen molar-refractivity contribution in [1.82, 2.24) is 0 Å². The molecule has 180 valence electrons. The highest BCUT2D eigenvalue weighted by atomic mass is 17.1. The first kappa shape index (κ1) is 23.9. The second kappa shape index (κ2) is 7.11.